The lowest BCUT2D eigenvalue weighted by atomic mass is 10.1. The van der Waals surface area contributed by atoms with Crippen LogP contribution in [0.25, 0.3) is 15.9 Å². The van der Waals surface area contributed by atoms with Crippen LogP contribution in [0.5, 0.6) is 0 Å². The predicted molar refractivity (Wildman–Crippen MR) is 113 cm³/mol. The van der Waals surface area contributed by atoms with Gasteiger partial charge in [-0.1, -0.05) is 28.7 Å². The highest BCUT2D eigenvalue weighted by atomic mass is 32.1. The fourth-order valence-corrected chi connectivity index (χ4v) is 4.82. The fourth-order valence-electron chi connectivity index (χ4n) is 3.87. The molecule has 1 amide bonds. The molecule has 0 radical (unpaired) electrons. The first-order chi connectivity index (χ1) is 14.7. The van der Waals surface area contributed by atoms with E-state index in [1.807, 2.05) is 18.2 Å². The molecule has 30 heavy (non-hydrogen) atoms. The van der Waals surface area contributed by atoms with E-state index in [0.29, 0.717) is 11.3 Å². The first-order valence-corrected chi connectivity index (χ1v) is 10.6. The topological polar surface area (TPSA) is 84.7 Å². The van der Waals surface area contributed by atoms with Gasteiger partial charge in [-0.15, -0.1) is 5.10 Å². The van der Waals surface area contributed by atoms with Gasteiger partial charge in [0.2, 0.25) is 0 Å². The number of hydrogen-bond donors (Lipinski definition) is 2. The monoisotopic (exact) mass is 422 g/mol. The second-order valence-electron chi connectivity index (χ2n) is 7.26. The Kier molecular flexibility index (Phi) is 4.88. The molecule has 0 saturated heterocycles. The molecule has 2 aromatic heterocycles. The van der Waals surface area contributed by atoms with Crippen molar-refractivity contribution >= 4 is 32.6 Å². The van der Waals surface area contributed by atoms with Gasteiger partial charge in [0, 0.05) is 12.1 Å². The largest absolute Gasteiger partial charge is 0.357 e. The van der Waals surface area contributed by atoms with Crippen molar-refractivity contribution in [2.75, 3.05) is 5.32 Å². The molecule has 152 valence electrons. The summed E-state index contributed by atoms with van der Waals surface area (Å²) in [6, 6.07) is 12.0. The van der Waals surface area contributed by atoms with Gasteiger partial charge in [0.15, 0.2) is 5.13 Å². The Hall–Kier alpha value is -3.33. The number of amides is 1. The van der Waals surface area contributed by atoms with Gasteiger partial charge in [0.1, 0.15) is 5.82 Å². The molecule has 1 aliphatic rings. The number of hydrogen-bond acceptors (Lipinski definition) is 6. The summed E-state index contributed by atoms with van der Waals surface area (Å²) >= 11 is 1.42. The Labute approximate surface area is 175 Å². The van der Waals surface area contributed by atoms with Crippen LogP contribution in [0.3, 0.4) is 0 Å². The number of anilines is 1. The molecule has 4 aromatic rings. The lowest BCUT2D eigenvalue weighted by Crippen LogP contribution is -2.43. The molecule has 5 rings (SSSR count). The summed E-state index contributed by atoms with van der Waals surface area (Å²) in [5.41, 5.74) is 2.00. The van der Waals surface area contributed by atoms with E-state index in [1.54, 1.807) is 29.2 Å². The first-order valence-electron chi connectivity index (χ1n) is 9.76. The molecule has 9 heteroatoms. The second-order valence-corrected chi connectivity index (χ2v) is 8.29. The average Bonchev–Trinajstić information content (AvgIpc) is 3.49. The molecule has 2 atom stereocenters. The fraction of sp³-hybridized carbons (Fsp3) is 0.238. The zero-order chi connectivity index (χ0) is 20.5. The van der Waals surface area contributed by atoms with E-state index < -0.39 is 0 Å². The number of carbonyl (C=O) groups excluding carboxylic acids is 1. The molecule has 1 fully saturated rings. The molecule has 0 aliphatic heterocycles. The highest BCUT2D eigenvalue weighted by Gasteiger charge is 2.30. The maximum atomic E-state index is 13.5. The van der Waals surface area contributed by atoms with Crippen molar-refractivity contribution in [1.82, 2.24) is 25.3 Å². The van der Waals surface area contributed by atoms with Crippen LogP contribution >= 0.6 is 11.3 Å². The molecule has 0 bridgehead atoms. The highest BCUT2D eigenvalue weighted by Crippen LogP contribution is 2.30. The average molecular weight is 422 g/mol. The molecule has 0 spiro atoms. The van der Waals surface area contributed by atoms with Gasteiger partial charge in [-0.05, 0) is 49.6 Å². The lowest BCUT2D eigenvalue weighted by molar-refractivity contribution is 0.0935. The molecule has 1 aliphatic carbocycles. The quantitative estimate of drug-likeness (QED) is 0.511. The Morgan fingerprint density at radius 1 is 1.17 bits per heavy atom. The molecule has 2 aromatic carbocycles. The minimum Gasteiger partial charge on any atom is -0.357 e. The van der Waals surface area contributed by atoms with Crippen molar-refractivity contribution in [2.24, 2.45) is 0 Å². The van der Waals surface area contributed by atoms with Crippen molar-refractivity contribution in [3.63, 3.8) is 0 Å². The molecule has 1 unspecified atom stereocenters. The van der Waals surface area contributed by atoms with Gasteiger partial charge < -0.3 is 10.6 Å². The maximum absolute atomic E-state index is 13.5. The van der Waals surface area contributed by atoms with Gasteiger partial charge in [-0.25, -0.2) is 14.1 Å². The van der Waals surface area contributed by atoms with E-state index in [4.69, 9.17) is 0 Å². The summed E-state index contributed by atoms with van der Waals surface area (Å²) in [7, 11) is 0. The third kappa shape index (κ3) is 3.63. The number of aromatic nitrogens is 4. The van der Waals surface area contributed by atoms with Crippen molar-refractivity contribution in [3.05, 3.63) is 66.2 Å². The standard InChI is InChI=1S/C21H19FN6OS/c22-13-8-9-17-19(12-13)30-21(26-17)25-16-6-3-5-15(16)24-20(29)14-4-1-2-7-18(14)28-11-10-23-27-28/h1-2,4,7-12,15-16H,3,5-6H2,(H,24,29)(H,25,26)/t15?,16-/m0/s1. The summed E-state index contributed by atoms with van der Waals surface area (Å²) in [6.45, 7) is 0. The minimum atomic E-state index is -0.269. The van der Waals surface area contributed by atoms with Crippen molar-refractivity contribution in [3.8, 4) is 5.69 Å². The number of thiazole rings is 1. The van der Waals surface area contributed by atoms with Gasteiger partial charge in [-0.2, -0.15) is 0 Å². The van der Waals surface area contributed by atoms with E-state index >= 15 is 0 Å². The maximum Gasteiger partial charge on any atom is 0.253 e. The molecule has 2 N–H and O–H groups in total. The Bertz CT molecular complexity index is 1190. The summed E-state index contributed by atoms with van der Waals surface area (Å²) in [6.07, 6.45) is 6.11. The molecule has 2 heterocycles. The van der Waals surface area contributed by atoms with Crippen LogP contribution in [-0.4, -0.2) is 38.0 Å². The summed E-state index contributed by atoms with van der Waals surface area (Å²) in [5, 5.41) is 15.2. The summed E-state index contributed by atoms with van der Waals surface area (Å²) in [5.74, 6) is -0.416. The van der Waals surface area contributed by atoms with Gasteiger partial charge >= 0.3 is 0 Å². The van der Waals surface area contributed by atoms with E-state index in [9.17, 15) is 9.18 Å². The Morgan fingerprint density at radius 2 is 2.03 bits per heavy atom. The van der Waals surface area contributed by atoms with Gasteiger partial charge in [0.25, 0.3) is 5.91 Å². The summed E-state index contributed by atoms with van der Waals surface area (Å²) in [4.78, 5) is 17.6. The zero-order valence-corrected chi connectivity index (χ0v) is 16.8. The number of benzene rings is 2. The number of para-hydroxylation sites is 1. The van der Waals surface area contributed by atoms with E-state index in [0.717, 1.165) is 34.6 Å². The number of rotatable bonds is 5. The minimum absolute atomic E-state index is 0.0231. The number of nitrogens with zero attached hydrogens (tertiary/aromatic N) is 4. The predicted octanol–water partition coefficient (Wildman–Crippen LogP) is 3.78. The smallest absolute Gasteiger partial charge is 0.253 e. The van der Waals surface area contributed by atoms with E-state index in [2.05, 4.69) is 25.9 Å². The lowest BCUT2D eigenvalue weighted by Gasteiger charge is -2.22. The van der Waals surface area contributed by atoms with Gasteiger partial charge in [-0.3, -0.25) is 4.79 Å². The van der Waals surface area contributed by atoms with Crippen LogP contribution in [0.4, 0.5) is 9.52 Å². The molecular weight excluding hydrogens is 403 g/mol. The third-order valence-electron chi connectivity index (χ3n) is 5.31. The zero-order valence-electron chi connectivity index (χ0n) is 16.0. The second kappa shape index (κ2) is 7.83. The SMILES string of the molecule is O=C(NC1CCC[C@@H]1Nc1nc2ccc(F)cc2s1)c1ccccc1-n1ccnn1. The van der Waals surface area contributed by atoms with E-state index in [1.165, 1.54) is 23.5 Å². The van der Waals surface area contributed by atoms with Crippen molar-refractivity contribution in [2.45, 2.75) is 31.3 Å². The van der Waals surface area contributed by atoms with Crippen LogP contribution in [0.1, 0.15) is 29.6 Å². The van der Waals surface area contributed by atoms with Crippen LogP contribution < -0.4 is 10.6 Å². The van der Waals surface area contributed by atoms with Gasteiger partial charge in [0.05, 0.1) is 33.9 Å². The number of nitrogens with one attached hydrogen (secondary N) is 2. The first kappa shape index (κ1) is 18.7. The third-order valence-corrected chi connectivity index (χ3v) is 6.26. The Morgan fingerprint density at radius 3 is 2.90 bits per heavy atom. The van der Waals surface area contributed by atoms with E-state index in [-0.39, 0.29) is 23.8 Å². The molecular formula is C21H19FN6OS. The van der Waals surface area contributed by atoms with Crippen molar-refractivity contribution < 1.29 is 9.18 Å². The van der Waals surface area contributed by atoms with Crippen molar-refractivity contribution in [1.29, 1.82) is 0 Å². The summed E-state index contributed by atoms with van der Waals surface area (Å²) < 4.78 is 15.8. The van der Waals surface area contributed by atoms with Crippen LogP contribution in [0, 0.1) is 5.82 Å². The highest BCUT2D eigenvalue weighted by molar-refractivity contribution is 7.22. The van der Waals surface area contributed by atoms with Crippen LogP contribution in [-0.2, 0) is 0 Å². The molecule has 1 saturated carbocycles. The number of halogens is 1. The van der Waals surface area contributed by atoms with Crippen LogP contribution in [0.15, 0.2) is 54.9 Å². The number of carbonyl (C=O) groups is 1. The van der Waals surface area contributed by atoms with Crippen LogP contribution in [0.2, 0.25) is 0 Å². The molecule has 7 nitrogen and oxygen atoms in total. The Balaban J connectivity index is 1.33. The number of fused-ring (bicyclic) bond motifs is 1. The normalized spacial score (nSPS) is 18.6.